The second-order valence-corrected chi connectivity index (χ2v) is 13.6. The van der Waals surface area contributed by atoms with Crippen LogP contribution < -0.4 is 16.0 Å². The van der Waals surface area contributed by atoms with Crippen LogP contribution >= 0.6 is 0 Å². The summed E-state index contributed by atoms with van der Waals surface area (Å²) in [5.41, 5.74) is -6.13. The number of alkyl halides is 3. The molecule has 3 aromatic carbocycles. The number of ether oxygens (including phenoxy) is 2. The van der Waals surface area contributed by atoms with Gasteiger partial charge in [0.2, 0.25) is 0 Å². The fourth-order valence-corrected chi connectivity index (χ4v) is 6.44. The summed E-state index contributed by atoms with van der Waals surface area (Å²) >= 11 is 0. The molecule has 2 atom stereocenters. The maximum Gasteiger partial charge on any atom is 0.416 e. The zero-order chi connectivity index (χ0) is 40.1. The third-order valence-corrected chi connectivity index (χ3v) is 8.84. The van der Waals surface area contributed by atoms with Crippen molar-refractivity contribution in [3.63, 3.8) is 0 Å². The van der Waals surface area contributed by atoms with Crippen LogP contribution in [-0.2, 0) is 22.3 Å². The minimum atomic E-state index is -5.03. The highest BCUT2D eigenvalue weighted by Crippen LogP contribution is 2.37. The molecule has 0 bridgehead atoms. The Bertz CT molecular complexity index is 2110. The van der Waals surface area contributed by atoms with Crippen LogP contribution in [0.25, 0.3) is 11.1 Å². The molecule has 4 rings (SSSR count). The summed E-state index contributed by atoms with van der Waals surface area (Å²) in [6, 6.07) is 11.9. The lowest BCUT2D eigenvalue weighted by atomic mass is 9.94. The van der Waals surface area contributed by atoms with E-state index in [2.05, 4.69) is 0 Å². The maximum absolute atomic E-state index is 16.0. The molecule has 1 amide bonds. The fourth-order valence-electron chi connectivity index (χ4n) is 6.44. The number of carbonyl (C=O) groups excluding carboxylic acids is 1. The van der Waals surface area contributed by atoms with Crippen molar-refractivity contribution in [2.75, 3.05) is 13.7 Å². The standard InChI is InChI=1S/C39H42F5N3O7/c1-7-29(34(24-14-9-8-10-15-24)45(21-13-20-31(48)49)37(52)54-38(3,4)5)47-35(50)32(25-16-11-19-30(53-6)33(25)41)23(2)46(36(47)51)22-26-27(39(42,43)44)17-12-18-28(26)40/h8-12,14-19,29,34H,7,13,20-22H2,1-6H3,(H,48,49)/t29-,34-/m1/s1. The molecule has 0 aliphatic rings. The van der Waals surface area contributed by atoms with Gasteiger partial charge in [0.05, 0.1) is 36.9 Å². The number of methoxy groups -OCH3 is 1. The van der Waals surface area contributed by atoms with E-state index in [0.717, 1.165) is 21.3 Å². The van der Waals surface area contributed by atoms with Gasteiger partial charge < -0.3 is 14.6 Å². The Labute approximate surface area is 308 Å². The zero-order valence-corrected chi connectivity index (χ0v) is 30.7. The molecule has 0 saturated carbocycles. The number of amides is 1. The molecule has 0 aliphatic carbocycles. The molecule has 1 N–H and O–H groups in total. The van der Waals surface area contributed by atoms with Gasteiger partial charge in [-0.05, 0) is 64.3 Å². The van der Waals surface area contributed by atoms with Crippen LogP contribution in [0.1, 0.15) is 81.4 Å². The van der Waals surface area contributed by atoms with E-state index in [1.165, 1.54) is 37.1 Å². The quantitative estimate of drug-likeness (QED) is 0.137. The van der Waals surface area contributed by atoms with Crippen molar-refractivity contribution in [2.24, 2.45) is 0 Å². The average molecular weight is 760 g/mol. The normalized spacial score (nSPS) is 12.9. The van der Waals surface area contributed by atoms with Gasteiger partial charge in [-0.2, -0.15) is 13.2 Å². The number of nitrogens with zero attached hydrogens (tertiary/aromatic N) is 3. The average Bonchev–Trinajstić information content (AvgIpc) is 3.09. The van der Waals surface area contributed by atoms with E-state index < -0.39 is 82.0 Å². The van der Waals surface area contributed by atoms with E-state index in [9.17, 15) is 37.5 Å². The van der Waals surface area contributed by atoms with Gasteiger partial charge in [0.25, 0.3) is 5.56 Å². The molecular formula is C39H42F5N3O7. The second kappa shape index (κ2) is 16.7. The van der Waals surface area contributed by atoms with Gasteiger partial charge in [-0.3, -0.25) is 23.6 Å². The number of rotatable bonds is 13. The van der Waals surface area contributed by atoms with Gasteiger partial charge in [0.15, 0.2) is 11.6 Å². The zero-order valence-electron chi connectivity index (χ0n) is 30.7. The molecule has 0 fully saturated rings. The molecule has 0 aliphatic heterocycles. The summed E-state index contributed by atoms with van der Waals surface area (Å²) in [4.78, 5) is 56.2. The van der Waals surface area contributed by atoms with E-state index in [-0.39, 0.29) is 42.8 Å². The Hall–Kier alpha value is -5.47. The number of carboxylic acid groups (broad SMARTS) is 1. The number of aromatic nitrogens is 2. The molecule has 0 spiro atoms. The molecule has 290 valence electrons. The van der Waals surface area contributed by atoms with Crippen LogP contribution in [0, 0.1) is 18.6 Å². The van der Waals surface area contributed by atoms with Gasteiger partial charge in [0, 0.05) is 29.8 Å². The Morgan fingerprint density at radius 1 is 0.944 bits per heavy atom. The predicted octanol–water partition coefficient (Wildman–Crippen LogP) is 8.13. The first kappa shape index (κ1) is 41.3. The molecular weight excluding hydrogens is 717 g/mol. The molecule has 54 heavy (non-hydrogen) atoms. The Balaban J connectivity index is 2.14. The molecule has 0 unspecified atom stereocenters. The van der Waals surface area contributed by atoms with E-state index >= 15 is 8.78 Å². The number of carboxylic acids is 1. The van der Waals surface area contributed by atoms with Crippen molar-refractivity contribution in [1.29, 1.82) is 0 Å². The van der Waals surface area contributed by atoms with E-state index in [0.29, 0.717) is 11.6 Å². The van der Waals surface area contributed by atoms with Crippen LogP contribution in [-0.4, -0.2) is 50.5 Å². The Kier molecular flexibility index (Phi) is 12.8. The summed E-state index contributed by atoms with van der Waals surface area (Å²) in [5, 5.41) is 9.42. The third kappa shape index (κ3) is 9.00. The molecule has 4 aromatic rings. The molecule has 0 radical (unpaired) electrons. The van der Waals surface area contributed by atoms with Gasteiger partial charge in [-0.15, -0.1) is 0 Å². The number of carbonyl (C=O) groups is 2. The van der Waals surface area contributed by atoms with E-state index in [1.807, 2.05) is 0 Å². The fraction of sp³-hybridized carbons (Fsp3) is 0.385. The highest BCUT2D eigenvalue weighted by molar-refractivity contribution is 5.70. The van der Waals surface area contributed by atoms with Gasteiger partial charge in [0.1, 0.15) is 11.4 Å². The van der Waals surface area contributed by atoms with Gasteiger partial charge >= 0.3 is 23.9 Å². The van der Waals surface area contributed by atoms with Crippen molar-refractivity contribution in [3.05, 3.63) is 122 Å². The van der Waals surface area contributed by atoms with Crippen LogP contribution in [0.15, 0.2) is 76.3 Å². The van der Waals surface area contributed by atoms with Crippen molar-refractivity contribution < 1.29 is 46.1 Å². The Morgan fingerprint density at radius 3 is 2.17 bits per heavy atom. The van der Waals surface area contributed by atoms with Crippen LogP contribution in [0.5, 0.6) is 5.75 Å². The van der Waals surface area contributed by atoms with Crippen molar-refractivity contribution in [1.82, 2.24) is 14.0 Å². The van der Waals surface area contributed by atoms with E-state index in [1.54, 1.807) is 58.0 Å². The molecule has 10 nitrogen and oxygen atoms in total. The second-order valence-electron chi connectivity index (χ2n) is 13.6. The lowest BCUT2D eigenvalue weighted by molar-refractivity contribution is -0.139. The first-order valence-electron chi connectivity index (χ1n) is 17.1. The highest BCUT2D eigenvalue weighted by atomic mass is 19.4. The van der Waals surface area contributed by atoms with Crippen LogP contribution in [0.2, 0.25) is 0 Å². The predicted molar refractivity (Wildman–Crippen MR) is 190 cm³/mol. The number of halogens is 5. The van der Waals surface area contributed by atoms with Gasteiger partial charge in [-0.25, -0.2) is 18.4 Å². The van der Waals surface area contributed by atoms with Crippen LogP contribution in [0.4, 0.5) is 26.7 Å². The highest BCUT2D eigenvalue weighted by Gasteiger charge is 2.39. The third-order valence-electron chi connectivity index (χ3n) is 8.84. The topological polar surface area (TPSA) is 120 Å². The number of benzene rings is 3. The summed E-state index contributed by atoms with van der Waals surface area (Å²) in [7, 11) is 1.19. The smallest absolute Gasteiger partial charge is 0.416 e. The minimum Gasteiger partial charge on any atom is -0.494 e. The summed E-state index contributed by atoms with van der Waals surface area (Å²) in [6.07, 6.45) is -6.41. The molecule has 15 heteroatoms. The van der Waals surface area contributed by atoms with Crippen molar-refractivity contribution in [3.8, 4) is 16.9 Å². The van der Waals surface area contributed by atoms with E-state index in [4.69, 9.17) is 9.47 Å². The summed E-state index contributed by atoms with van der Waals surface area (Å²) in [6.45, 7) is 6.47. The molecule has 1 aromatic heterocycles. The summed E-state index contributed by atoms with van der Waals surface area (Å²) < 4.78 is 86.3. The number of hydrogen-bond donors (Lipinski definition) is 1. The largest absolute Gasteiger partial charge is 0.494 e. The maximum atomic E-state index is 16.0. The Morgan fingerprint density at radius 2 is 1.59 bits per heavy atom. The van der Waals surface area contributed by atoms with Gasteiger partial charge in [-0.1, -0.05) is 55.5 Å². The number of hydrogen-bond acceptors (Lipinski definition) is 6. The first-order chi connectivity index (χ1) is 25.3. The lowest BCUT2D eigenvalue weighted by Gasteiger charge is -2.38. The van der Waals surface area contributed by atoms with Crippen molar-refractivity contribution in [2.45, 2.75) is 84.3 Å². The molecule has 0 saturated heterocycles. The number of aliphatic carboxylic acids is 1. The van der Waals surface area contributed by atoms with Crippen LogP contribution in [0.3, 0.4) is 0 Å². The monoisotopic (exact) mass is 759 g/mol. The summed E-state index contributed by atoms with van der Waals surface area (Å²) in [5.74, 6) is -3.69. The van der Waals surface area contributed by atoms with Crippen molar-refractivity contribution >= 4 is 12.1 Å². The minimum absolute atomic E-state index is 0.0604. The SMILES string of the molecule is CC[C@H]([C@@H](c1ccccc1)N(CCCC(=O)O)C(=O)OC(C)(C)C)n1c(=O)c(-c2cccc(OC)c2F)c(C)n(Cc2c(F)cccc2C(F)(F)F)c1=O. The first-order valence-corrected chi connectivity index (χ1v) is 17.1. The lowest BCUT2D eigenvalue weighted by Crippen LogP contribution is -2.50. The molecule has 1 heterocycles.